The number of esters is 1. The van der Waals surface area contributed by atoms with E-state index in [2.05, 4.69) is 54.0 Å². The molecule has 190 valence electrons. The lowest BCUT2D eigenvalue weighted by atomic mass is 9.57. The van der Waals surface area contributed by atoms with E-state index in [9.17, 15) is 15.2 Å². The predicted octanol–water partition coefficient (Wildman–Crippen LogP) is 6.23. The number of aromatic nitrogens is 2. The number of benzene rings is 2. The molecule has 0 saturated heterocycles. The van der Waals surface area contributed by atoms with Gasteiger partial charge in [0.2, 0.25) is 0 Å². The van der Waals surface area contributed by atoms with E-state index < -0.39 is 0 Å². The molecule has 1 N–H and O–H groups in total. The van der Waals surface area contributed by atoms with Gasteiger partial charge in [-0.3, -0.25) is 9.36 Å². The standard InChI is InChI=1S/C31H33N3O3/c1-20-26-14-15-27-29(31(26,3)18-24(19-32)28(20)36)33-30(23-11-5-4-6-12-23)34(27)25-13-7-9-22(17-25)10-8-16-37-21(2)35/h4-7,9,11-13,17,20,26,36H,8,10,14-16,18H2,1-3H3/t20-,26-,31-/m0/s1. The van der Waals surface area contributed by atoms with Crippen molar-refractivity contribution in [1.29, 1.82) is 5.26 Å². The number of imidazole rings is 1. The summed E-state index contributed by atoms with van der Waals surface area (Å²) in [5.74, 6) is 1.04. The van der Waals surface area contributed by atoms with E-state index in [0.29, 0.717) is 18.6 Å². The minimum atomic E-state index is -0.333. The minimum Gasteiger partial charge on any atom is -0.511 e. The van der Waals surface area contributed by atoms with Crippen molar-refractivity contribution in [3.8, 4) is 23.1 Å². The summed E-state index contributed by atoms with van der Waals surface area (Å²) in [7, 11) is 0. The molecule has 0 radical (unpaired) electrons. The smallest absolute Gasteiger partial charge is 0.302 e. The van der Waals surface area contributed by atoms with Crippen LogP contribution >= 0.6 is 0 Å². The lowest BCUT2D eigenvalue weighted by Crippen LogP contribution is -2.44. The van der Waals surface area contributed by atoms with E-state index in [-0.39, 0.29) is 29.0 Å². The summed E-state index contributed by atoms with van der Waals surface area (Å²) in [5.41, 5.74) is 5.64. The topological polar surface area (TPSA) is 88.1 Å². The van der Waals surface area contributed by atoms with E-state index in [4.69, 9.17) is 9.72 Å². The van der Waals surface area contributed by atoms with Crippen molar-refractivity contribution < 1.29 is 14.6 Å². The van der Waals surface area contributed by atoms with Crippen LogP contribution in [0.5, 0.6) is 0 Å². The molecule has 0 unspecified atom stereocenters. The van der Waals surface area contributed by atoms with Crippen molar-refractivity contribution in [2.24, 2.45) is 11.8 Å². The largest absolute Gasteiger partial charge is 0.511 e. The Labute approximate surface area is 218 Å². The van der Waals surface area contributed by atoms with Gasteiger partial charge in [-0.1, -0.05) is 56.3 Å². The molecule has 3 atom stereocenters. The fourth-order valence-corrected chi connectivity index (χ4v) is 6.37. The first-order valence-corrected chi connectivity index (χ1v) is 13.1. The van der Waals surface area contributed by atoms with Gasteiger partial charge in [-0.05, 0) is 55.7 Å². The number of nitrogens with zero attached hydrogens (tertiary/aromatic N) is 3. The maximum atomic E-state index is 11.1. The number of nitriles is 1. The summed E-state index contributed by atoms with van der Waals surface area (Å²) in [6.45, 7) is 6.10. The van der Waals surface area contributed by atoms with Crippen molar-refractivity contribution in [2.45, 2.75) is 58.3 Å². The first-order valence-electron chi connectivity index (χ1n) is 13.1. The number of aliphatic hydroxyl groups is 1. The third kappa shape index (κ3) is 4.44. The number of hydrogen-bond donors (Lipinski definition) is 1. The van der Waals surface area contributed by atoms with E-state index in [1.165, 1.54) is 18.2 Å². The molecule has 0 fully saturated rings. The van der Waals surface area contributed by atoms with Crippen LogP contribution in [-0.4, -0.2) is 27.2 Å². The normalized spacial score (nSPS) is 22.6. The highest BCUT2D eigenvalue weighted by Crippen LogP contribution is 2.53. The molecule has 0 bridgehead atoms. The summed E-state index contributed by atoms with van der Waals surface area (Å²) in [6.07, 6.45) is 3.85. The monoisotopic (exact) mass is 495 g/mol. The van der Waals surface area contributed by atoms with E-state index in [1.54, 1.807) is 0 Å². The van der Waals surface area contributed by atoms with Gasteiger partial charge in [0.15, 0.2) is 0 Å². The zero-order chi connectivity index (χ0) is 26.2. The second kappa shape index (κ2) is 9.89. The Hall–Kier alpha value is -3.85. The third-order valence-electron chi connectivity index (χ3n) is 8.16. The molecule has 3 aromatic rings. The number of ether oxygens (including phenoxy) is 1. The van der Waals surface area contributed by atoms with Gasteiger partial charge in [0.1, 0.15) is 11.6 Å². The van der Waals surface area contributed by atoms with Crippen molar-refractivity contribution in [3.05, 3.63) is 82.9 Å². The quantitative estimate of drug-likeness (QED) is 0.323. The van der Waals surface area contributed by atoms with Crippen LogP contribution in [0, 0.1) is 23.2 Å². The van der Waals surface area contributed by atoms with E-state index in [1.807, 2.05) is 25.1 Å². The van der Waals surface area contributed by atoms with Gasteiger partial charge in [0.25, 0.3) is 0 Å². The lowest BCUT2D eigenvalue weighted by molar-refractivity contribution is -0.141. The van der Waals surface area contributed by atoms with Gasteiger partial charge in [-0.2, -0.15) is 5.26 Å². The fraction of sp³-hybridized carbons (Fsp3) is 0.387. The van der Waals surface area contributed by atoms with E-state index in [0.717, 1.165) is 48.5 Å². The first kappa shape index (κ1) is 24.8. The summed E-state index contributed by atoms with van der Waals surface area (Å²) < 4.78 is 7.40. The van der Waals surface area contributed by atoms with Crippen LogP contribution in [-0.2, 0) is 27.8 Å². The van der Waals surface area contributed by atoms with Crippen molar-refractivity contribution in [3.63, 3.8) is 0 Å². The maximum Gasteiger partial charge on any atom is 0.302 e. The van der Waals surface area contributed by atoms with Crippen LogP contribution in [0.4, 0.5) is 0 Å². The van der Waals surface area contributed by atoms with Gasteiger partial charge in [-0.25, -0.2) is 4.98 Å². The molecule has 2 aromatic carbocycles. The minimum absolute atomic E-state index is 0.0765. The van der Waals surface area contributed by atoms with Crippen LogP contribution in [0.15, 0.2) is 65.9 Å². The van der Waals surface area contributed by atoms with Crippen LogP contribution < -0.4 is 0 Å². The number of aryl methyl sites for hydroxylation is 1. The third-order valence-corrected chi connectivity index (χ3v) is 8.16. The van der Waals surface area contributed by atoms with Crippen molar-refractivity contribution >= 4 is 5.97 Å². The maximum absolute atomic E-state index is 11.1. The average molecular weight is 496 g/mol. The molecule has 1 heterocycles. The fourth-order valence-electron chi connectivity index (χ4n) is 6.37. The molecular weight excluding hydrogens is 462 g/mol. The van der Waals surface area contributed by atoms with E-state index >= 15 is 0 Å². The Kier molecular flexibility index (Phi) is 6.64. The van der Waals surface area contributed by atoms with Crippen molar-refractivity contribution in [1.82, 2.24) is 9.55 Å². The average Bonchev–Trinajstić information content (AvgIpc) is 3.30. The number of fused-ring (bicyclic) bond motifs is 3. The molecule has 2 aliphatic rings. The second-order valence-corrected chi connectivity index (χ2v) is 10.5. The molecule has 0 saturated carbocycles. The van der Waals surface area contributed by atoms with Crippen molar-refractivity contribution in [2.75, 3.05) is 6.61 Å². The van der Waals surface area contributed by atoms with Gasteiger partial charge >= 0.3 is 5.97 Å². The summed E-state index contributed by atoms with van der Waals surface area (Å²) >= 11 is 0. The summed E-state index contributed by atoms with van der Waals surface area (Å²) in [6, 6.07) is 21.0. The van der Waals surface area contributed by atoms with Gasteiger partial charge in [0, 0.05) is 35.2 Å². The Balaban J connectivity index is 1.61. The summed E-state index contributed by atoms with van der Waals surface area (Å²) in [4.78, 5) is 16.4. The Morgan fingerprint density at radius 2 is 2.03 bits per heavy atom. The molecule has 5 rings (SSSR count). The first-order chi connectivity index (χ1) is 17.8. The number of carbonyl (C=O) groups is 1. The predicted molar refractivity (Wildman–Crippen MR) is 142 cm³/mol. The van der Waals surface area contributed by atoms with Crippen LogP contribution in [0.2, 0.25) is 0 Å². The number of allylic oxidation sites excluding steroid dienone is 2. The number of rotatable bonds is 6. The van der Waals surface area contributed by atoms with Crippen LogP contribution in [0.25, 0.3) is 17.1 Å². The molecule has 6 nitrogen and oxygen atoms in total. The summed E-state index contributed by atoms with van der Waals surface area (Å²) in [5, 5.41) is 20.5. The number of hydrogen-bond acceptors (Lipinski definition) is 5. The van der Waals surface area contributed by atoms with Crippen LogP contribution in [0.1, 0.15) is 57.0 Å². The Morgan fingerprint density at radius 1 is 1.24 bits per heavy atom. The SMILES string of the molecule is CC(=O)OCCCc1cccc(-n2c(-c3ccccc3)nc3c2CC[C@H]2[C@H](C)C(O)=C(C#N)C[C@]32C)c1. The zero-order valence-electron chi connectivity index (χ0n) is 21.7. The van der Waals surface area contributed by atoms with Gasteiger partial charge in [-0.15, -0.1) is 0 Å². The van der Waals surface area contributed by atoms with Gasteiger partial charge < -0.3 is 9.84 Å². The molecule has 0 amide bonds. The molecule has 0 aliphatic heterocycles. The molecule has 6 heteroatoms. The molecular formula is C31H33N3O3. The highest BCUT2D eigenvalue weighted by atomic mass is 16.5. The number of aliphatic hydroxyl groups excluding tert-OH is 1. The highest BCUT2D eigenvalue weighted by molar-refractivity contribution is 5.66. The van der Waals surface area contributed by atoms with Gasteiger partial charge in [0.05, 0.1) is 23.9 Å². The Bertz CT molecular complexity index is 1400. The zero-order valence-corrected chi connectivity index (χ0v) is 21.7. The number of carbonyl (C=O) groups excluding carboxylic acids is 1. The molecule has 1 aromatic heterocycles. The molecule has 2 aliphatic carbocycles. The van der Waals surface area contributed by atoms with Crippen LogP contribution in [0.3, 0.4) is 0 Å². The Morgan fingerprint density at radius 3 is 2.76 bits per heavy atom. The lowest BCUT2D eigenvalue weighted by Gasteiger charge is -2.46. The highest BCUT2D eigenvalue weighted by Gasteiger charge is 2.50. The second-order valence-electron chi connectivity index (χ2n) is 10.5. The molecule has 0 spiro atoms. The molecule has 37 heavy (non-hydrogen) atoms.